The molecule has 8 nitrogen and oxygen atoms in total. The zero-order valence-electron chi connectivity index (χ0n) is 17.2. The molecule has 0 radical (unpaired) electrons. The number of hydrogen-bond acceptors (Lipinski definition) is 6. The summed E-state index contributed by atoms with van der Waals surface area (Å²) < 4.78 is 30.8. The number of methoxy groups -OCH3 is 1. The fourth-order valence-corrected chi connectivity index (χ4v) is 3.76. The Morgan fingerprint density at radius 3 is 2.45 bits per heavy atom. The van der Waals surface area contributed by atoms with E-state index in [0.717, 1.165) is 32.1 Å². The van der Waals surface area contributed by atoms with Gasteiger partial charge < -0.3 is 10.1 Å². The van der Waals surface area contributed by atoms with Gasteiger partial charge in [0.1, 0.15) is 11.4 Å². The maximum absolute atomic E-state index is 13.3. The summed E-state index contributed by atoms with van der Waals surface area (Å²) in [6.45, 7) is 2.50. The molecule has 1 saturated carbocycles. The van der Waals surface area contributed by atoms with E-state index in [1.54, 1.807) is 18.2 Å². The van der Waals surface area contributed by atoms with E-state index in [2.05, 4.69) is 16.6 Å². The molecule has 1 aliphatic carbocycles. The van der Waals surface area contributed by atoms with Crippen LogP contribution in [0, 0.1) is 0 Å². The number of nitrogens with one attached hydrogen (secondary N) is 1. The molecule has 0 saturated heterocycles. The van der Waals surface area contributed by atoms with E-state index < -0.39 is 21.9 Å². The number of rotatable bonds is 10. The number of hydrogen-bond donors (Lipinski definition) is 1. The number of carbonyl (C=O) groups excluding carboxylic acids is 2. The van der Waals surface area contributed by atoms with Gasteiger partial charge in [-0.2, -0.15) is 8.42 Å². The van der Waals surface area contributed by atoms with Crippen molar-refractivity contribution in [2.24, 2.45) is 4.36 Å². The SMILES string of the molecule is CCCCCCCN(C(=O)NC)C(=O)C1(c2ccc(OC)c(N=S(=O)=O)c2)CC1. The largest absolute Gasteiger partial charge is 0.494 e. The number of ether oxygens (including phenoxy) is 1. The molecule has 0 aromatic heterocycles. The number of urea groups is 1. The number of benzene rings is 1. The van der Waals surface area contributed by atoms with Crippen LogP contribution in [0.1, 0.15) is 57.4 Å². The van der Waals surface area contributed by atoms with Crippen LogP contribution in [0.15, 0.2) is 22.6 Å². The zero-order chi connectivity index (χ0) is 21.4. The van der Waals surface area contributed by atoms with Crippen LogP contribution in [0.3, 0.4) is 0 Å². The van der Waals surface area contributed by atoms with Gasteiger partial charge in [-0.1, -0.05) is 38.7 Å². The quantitative estimate of drug-likeness (QED) is 0.579. The Kier molecular flexibility index (Phi) is 8.19. The number of nitrogens with zero attached hydrogens (tertiary/aromatic N) is 2. The molecule has 9 heteroatoms. The van der Waals surface area contributed by atoms with Gasteiger partial charge >= 0.3 is 16.5 Å². The predicted octanol–water partition coefficient (Wildman–Crippen LogP) is 3.56. The van der Waals surface area contributed by atoms with Crippen LogP contribution in [0.5, 0.6) is 5.75 Å². The number of unbranched alkanes of at least 4 members (excludes halogenated alkanes) is 4. The van der Waals surface area contributed by atoms with Gasteiger partial charge in [0, 0.05) is 13.6 Å². The minimum Gasteiger partial charge on any atom is -0.494 e. The second kappa shape index (κ2) is 10.4. The predicted molar refractivity (Wildman–Crippen MR) is 110 cm³/mol. The fourth-order valence-electron chi connectivity index (χ4n) is 3.45. The van der Waals surface area contributed by atoms with E-state index in [9.17, 15) is 18.0 Å². The molecule has 0 atom stereocenters. The molecule has 1 N–H and O–H groups in total. The third-order valence-corrected chi connectivity index (χ3v) is 5.60. The van der Waals surface area contributed by atoms with Crippen LogP contribution < -0.4 is 10.1 Å². The lowest BCUT2D eigenvalue weighted by Crippen LogP contribution is -2.47. The third kappa shape index (κ3) is 5.56. The molecule has 3 amide bonds. The molecule has 1 fully saturated rings. The third-order valence-electron chi connectivity index (χ3n) is 5.25. The Bertz CT molecular complexity index is 870. The monoisotopic (exact) mass is 423 g/mol. The molecule has 2 rings (SSSR count). The highest BCUT2D eigenvalue weighted by Crippen LogP contribution is 2.51. The maximum Gasteiger partial charge on any atom is 0.323 e. The standard InChI is InChI=1S/C20H29N3O5S/c1-4-5-6-7-8-13-23(19(25)21-2)18(24)20(11-12-20)15-9-10-17(28-3)16(14-15)22-29(26)27/h9-10,14H,4-8,11-13H2,1-3H3,(H,21,25). The Labute approximate surface area is 173 Å². The van der Waals surface area contributed by atoms with Crippen molar-refractivity contribution in [1.29, 1.82) is 0 Å². The Morgan fingerprint density at radius 2 is 1.90 bits per heavy atom. The van der Waals surface area contributed by atoms with E-state index in [-0.39, 0.29) is 11.6 Å². The van der Waals surface area contributed by atoms with Gasteiger partial charge in [0.25, 0.3) is 0 Å². The van der Waals surface area contributed by atoms with Gasteiger partial charge in [0.2, 0.25) is 5.91 Å². The lowest BCUT2D eigenvalue weighted by molar-refractivity contribution is -0.131. The van der Waals surface area contributed by atoms with Crippen molar-refractivity contribution in [3.63, 3.8) is 0 Å². The van der Waals surface area contributed by atoms with Crippen LogP contribution in [-0.2, 0) is 20.7 Å². The van der Waals surface area contributed by atoms with E-state index >= 15 is 0 Å². The average Bonchev–Trinajstić information content (AvgIpc) is 3.51. The smallest absolute Gasteiger partial charge is 0.323 e. The molecule has 0 unspecified atom stereocenters. The lowest BCUT2D eigenvalue weighted by Gasteiger charge is -2.26. The first-order valence-corrected chi connectivity index (χ1v) is 11.0. The van der Waals surface area contributed by atoms with Crippen LogP contribution in [0.2, 0.25) is 0 Å². The van der Waals surface area contributed by atoms with Crippen molar-refractivity contribution in [3.8, 4) is 5.75 Å². The minimum absolute atomic E-state index is 0.142. The second-order valence-electron chi connectivity index (χ2n) is 7.20. The van der Waals surface area contributed by atoms with Crippen LogP contribution in [-0.4, -0.2) is 46.0 Å². The van der Waals surface area contributed by atoms with Crippen LogP contribution >= 0.6 is 0 Å². The molecule has 1 aromatic carbocycles. The molecule has 160 valence electrons. The number of amides is 3. The molecule has 1 aliphatic rings. The van der Waals surface area contributed by atoms with Crippen molar-refractivity contribution in [3.05, 3.63) is 23.8 Å². The molecular formula is C20H29N3O5S. The summed E-state index contributed by atoms with van der Waals surface area (Å²) in [7, 11) is 0.286. The Hall–Kier alpha value is -2.42. The van der Waals surface area contributed by atoms with E-state index in [1.807, 2.05) is 0 Å². The fraction of sp³-hybridized carbons (Fsp3) is 0.600. The van der Waals surface area contributed by atoms with E-state index in [0.29, 0.717) is 30.7 Å². The molecular weight excluding hydrogens is 394 g/mol. The summed E-state index contributed by atoms with van der Waals surface area (Å²) >= 11 is 0. The van der Waals surface area contributed by atoms with Crippen molar-refractivity contribution in [2.75, 3.05) is 20.7 Å². The summed E-state index contributed by atoms with van der Waals surface area (Å²) in [6, 6.07) is 4.47. The first-order valence-electron chi connectivity index (χ1n) is 9.93. The van der Waals surface area contributed by atoms with Crippen LogP contribution in [0.25, 0.3) is 0 Å². The topological polar surface area (TPSA) is 105 Å². The first kappa shape index (κ1) is 22.9. The maximum atomic E-state index is 13.3. The van der Waals surface area contributed by atoms with Gasteiger partial charge in [0.15, 0.2) is 0 Å². The minimum atomic E-state index is -2.64. The lowest BCUT2D eigenvalue weighted by atomic mass is 9.93. The van der Waals surface area contributed by atoms with Gasteiger partial charge in [-0.15, -0.1) is 4.36 Å². The van der Waals surface area contributed by atoms with Gasteiger partial charge in [-0.25, -0.2) is 4.79 Å². The van der Waals surface area contributed by atoms with Gasteiger partial charge in [-0.3, -0.25) is 9.69 Å². The Morgan fingerprint density at radius 1 is 1.21 bits per heavy atom. The molecule has 0 bridgehead atoms. The highest BCUT2D eigenvalue weighted by atomic mass is 32.2. The normalized spacial score (nSPS) is 14.0. The number of imide groups is 1. The highest BCUT2D eigenvalue weighted by molar-refractivity contribution is 7.61. The van der Waals surface area contributed by atoms with Crippen molar-refractivity contribution in [2.45, 2.75) is 57.3 Å². The molecule has 0 aliphatic heterocycles. The summed E-state index contributed by atoms with van der Waals surface area (Å²) in [5.74, 6) is 0.0481. The van der Waals surface area contributed by atoms with Gasteiger partial charge in [0.05, 0.1) is 12.5 Å². The van der Waals surface area contributed by atoms with E-state index in [1.165, 1.54) is 19.1 Å². The first-order chi connectivity index (χ1) is 13.9. The Balaban J connectivity index is 2.27. The molecule has 0 spiro atoms. The summed E-state index contributed by atoms with van der Waals surface area (Å²) in [4.78, 5) is 27.0. The summed E-state index contributed by atoms with van der Waals surface area (Å²) in [6.07, 6.45) is 6.25. The van der Waals surface area contributed by atoms with Crippen molar-refractivity contribution in [1.82, 2.24) is 10.2 Å². The van der Waals surface area contributed by atoms with E-state index in [4.69, 9.17) is 4.74 Å². The zero-order valence-corrected chi connectivity index (χ0v) is 18.0. The second-order valence-corrected chi connectivity index (χ2v) is 7.82. The van der Waals surface area contributed by atoms with Crippen LogP contribution in [0.4, 0.5) is 10.5 Å². The van der Waals surface area contributed by atoms with Crippen molar-refractivity contribution < 1.29 is 22.7 Å². The van der Waals surface area contributed by atoms with Crippen molar-refractivity contribution >= 4 is 28.1 Å². The summed E-state index contributed by atoms with van der Waals surface area (Å²) in [5, 5.41) is 2.55. The molecule has 29 heavy (non-hydrogen) atoms. The molecule has 1 aromatic rings. The van der Waals surface area contributed by atoms with Gasteiger partial charge in [-0.05, 0) is 37.0 Å². The molecule has 0 heterocycles. The number of carbonyl (C=O) groups is 2. The highest BCUT2D eigenvalue weighted by Gasteiger charge is 2.54. The average molecular weight is 424 g/mol. The summed E-state index contributed by atoms with van der Waals surface area (Å²) in [5.41, 5.74) is -0.0347.